The van der Waals surface area contributed by atoms with Gasteiger partial charge in [0.05, 0.1) is 11.3 Å². The van der Waals surface area contributed by atoms with E-state index in [1.165, 1.54) is 16.6 Å². The topological polar surface area (TPSA) is 78.3 Å². The summed E-state index contributed by atoms with van der Waals surface area (Å²) in [6.07, 6.45) is 6.72. The van der Waals surface area contributed by atoms with E-state index < -0.39 is 0 Å². The number of fused-ring (bicyclic) bond motifs is 1. The Hall–Kier alpha value is -2.52. The highest BCUT2D eigenvalue weighted by atomic mass is 32.2. The smallest absolute Gasteiger partial charge is 0.231 e. The maximum atomic E-state index is 13.0. The highest BCUT2D eigenvalue weighted by Crippen LogP contribution is 2.42. The highest BCUT2D eigenvalue weighted by Gasteiger charge is 2.37. The fourth-order valence-corrected chi connectivity index (χ4v) is 5.87. The molecule has 1 fully saturated rings. The number of rotatable bonds is 8. The number of nitrogens with one attached hydrogen (secondary N) is 1. The first kappa shape index (κ1) is 21.3. The molecule has 0 unspecified atom stereocenters. The van der Waals surface area contributed by atoms with E-state index in [4.69, 9.17) is 9.47 Å². The Labute approximate surface area is 195 Å². The average Bonchev–Trinajstić information content (AvgIpc) is 3.58. The van der Waals surface area contributed by atoms with Crippen LogP contribution < -0.4 is 14.8 Å². The minimum atomic E-state index is -0.347. The van der Waals surface area contributed by atoms with Crippen molar-refractivity contribution in [2.75, 3.05) is 19.0 Å². The van der Waals surface area contributed by atoms with Gasteiger partial charge in [-0.2, -0.15) is 0 Å². The number of thiophene rings is 1. The van der Waals surface area contributed by atoms with Crippen LogP contribution >= 0.6 is 23.1 Å². The predicted octanol–water partition coefficient (Wildman–Crippen LogP) is 4.03. The maximum Gasteiger partial charge on any atom is 0.231 e. The molecule has 0 radical (unpaired) electrons. The molecule has 5 rings (SSSR count). The number of aromatic nitrogens is 3. The van der Waals surface area contributed by atoms with Crippen molar-refractivity contribution in [3.63, 3.8) is 0 Å². The Morgan fingerprint density at radius 1 is 1.19 bits per heavy atom. The lowest BCUT2D eigenvalue weighted by atomic mass is 9.87. The molecule has 32 heavy (non-hydrogen) atoms. The van der Waals surface area contributed by atoms with Gasteiger partial charge < -0.3 is 19.4 Å². The summed E-state index contributed by atoms with van der Waals surface area (Å²) in [6, 6.07) is 10.3. The second-order valence-electron chi connectivity index (χ2n) is 8.12. The van der Waals surface area contributed by atoms with Crippen LogP contribution in [0.5, 0.6) is 11.5 Å². The van der Waals surface area contributed by atoms with Crippen LogP contribution in [0.2, 0.25) is 0 Å². The van der Waals surface area contributed by atoms with Gasteiger partial charge in [-0.25, -0.2) is 0 Å². The first-order chi connectivity index (χ1) is 15.7. The van der Waals surface area contributed by atoms with E-state index in [2.05, 4.69) is 39.1 Å². The zero-order valence-corrected chi connectivity index (χ0v) is 19.4. The van der Waals surface area contributed by atoms with Crippen LogP contribution in [0.4, 0.5) is 0 Å². The van der Waals surface area contributed by atoms with Crippen molar-refractivity contribution in [1.29, 1.82) is 0 Å². The number of carbonyl (C=O) groups excluding carboxylic acids is 1. The molecule has 168 valence electrons. The fourth-order valence-electron chi connectivity index (χ4n) is 4.43. The van der Waals surface area contributed by atoms with E-state index in [1.54, 1.807) is 17.7 Å². The number of hydrogen-bond donors (Lipinski definition) is 1. The molecule has 3 aromatic rings. The van der Waals surface area contributed by atoms with Crippen molar-refractivity contribution < 1.29 is 14.3 Å². The van der Waals surface area contributed by atoms with Crippen molar-refractivity contribution in [3.05, 3.63) is 52.5 Å². The first-order valence-corrected chi connectivity index (χ1v) is 12.8. The van der Waals surface area contributed by atoms with E-state index in [0.29, 0.717) is 19.0 Å². The van der Waals surface area contributed by atoms with Crippen LogP contribution in [-0.4, -0.2) is 39.6 Å². The lowest BCUT2D eigenvalue weighted by Gasteiger charge is -2.32. The number of thioether (sulfide) groups is 1. The lowest BCUT2D eigenvalue weighted by Crippen LogP contribution is -2.44. The molecule has 1 aliphatic carbocycles. The summed E-state index contributed by atoms with van der Waals surface area (Å²) in [5.41, 5.74) is 0.747. The molecule has 2 aromatic heterocycles. The average molecular weight is 471 g/mol. The quantitative estimate of drug-likeness (QED) is 0.501. The molecule has 1 N–H and O–H groups in total. The molecule has 0 spiro atoms. The van der Waals surface area contributed by atoms with Crippen molar-refractivity contribution >= 4 is 29.0 Å². The summed E-state index contributed by atoms with van der Waals surface area (Å²) in [6.45, 7) is 1.93. The molecule has 7 nitrogen and oxygen atoms in total. The summed E-state index contributed by atoms with van der Waals surface area (Å²) in [4.78, 5) is 14.3. The molecule has 0 bridgehead atoms. The summed E-state index contributed by atoms with van der Waals surface area (Å²) in [5, 5.41) is 14.5. The van der Waals surface area contributed by atoms with Crippen molar-refractivity contribution in [2.45, 2.75) is 49.3 Å². The van der Waals surface area contributed by atoms with Crippen LogP contribution in [0, 0.1) is 0 Å². The molecule has 1 aromatic carbocycles. The number of ether oxygens (including phenoxy) is 2. The van der Waals surface area contributed by atoms with Gasteiger partial charge in [-0.3, -0.25) is 4.79 Å². The van der Waals surface area contributed by atoms with Gasteiger partial charge in [-0.15, -0.1) is 21.5 Å². The maximum absolute atomic E-state index is 13.0. The third-order valence-electron chi connectivity index (χ3n) is 6.02. The van der Waals surface area contributed by atoms with Crippen LogP contribution in [0.3, 0.4) is 0 Å². The number of amides is 1. The Morgan fingerprint density at radius 3 is 2.84 bits per heavy atom. The standard InChI is InChI=1S/C23H26N4O3S2/c28-21(15-32-22-26-24-16-27(22)10-7-18-4-3-13-31-18)25-23(8-1-2-9-23)17-5-6-19-20(14-17)30-12-11-29-19/h3-6,13-14,16H,1-2,7-12,15H2,(H,25,28). The molecule has 3 heterocycles. The van der Waals surface area contributed by atoms with Crippen LogP contribution in [0.25, 0.3) is 0 Å². The van der Waals surface area contributed by atoms with Gasteiger partial charge in [-0.1, -0.05) is 36.7 Å². The van der Waals surface area contributed by atoms with Gasteiger partial charge in [0.2, 0.25) is 5.91 Å². The SMILES string of the molecule is O=C(CSc1nncn1CCc1cccs1)NC1(c2ccc3c(c2)OCCO3)CCCC1. The van der Waals surface area contributed by atoms with Gasteiger partial charge in [0.1, 0.15) is 19.5 Å². The van der Waals surface area contributed by atoms with Crippen molar-refractivity contribution in [3.8, 4) is 11.5 Å². The summed E-state index contributed by atoms with van der Waals surface area (Å²) in [7, 11) is 0. The van der Waals surface area contributed by atoms with E-state index in [9.17, 15) is 4.79 Å². The van der Waals surface area contributed by atoms with E-state index in [-0.39, 0.29) is 11.4 Å². The predicted molar refractivity (Wildman–Crippen MR) is 124 cm³/mol. The van der Waals surface area contributed by atoms with Gasteiger partial charge in [0.25, 0.3) is 0 Å². The zero-order valence-electron chi connectivity index (χ0n) is 17.8. The minimum absolute atomic E-state index is 0.0135. The Bertz CT molecular complexity index is 1060. The fraction of sp³-hybridized carbons (Fsp3) is 0.435. The molecule has 1 amide bonds. The molecular formula is C23H26N4O3S2. The molecule has 2 aliphatic rings. The second kappa shape index (κ2) is 9.54. The second-order valence-corrected chi connectivity index (χ2v) is 10.1. The summed E-state index contributed by atoms with van der Waals surface area (Å²) >= 11 is 3.19. The molecule has 9 heteroatoms. The molecule has 0 atom stereocenters. The monoisotopic (exact) mass is 470 g/mol. The van der Waals surface area contributed by atoms with Crippen molar-refractivity contribution in [2.24, 2.45) is 0 Å². The van der Waals surface area contributed by atoms with E-state index in [1.807, 2.05) is 16.7 Å². The van der Waals surface area contributed by atoms with Gasteiger partial charge >= 0.3 is 0 Å². The molecule has 1 saturated carbocycles. The van der Waals surface area contributed by atoms with Gasteiger partial charge in [0.15, 0.2) is 16.7 Å². The van der Waals surface area contributed by atoms with E-state index >= 15 is 0 Å². The van der Waals surface area contributed by atoms with Crippen LogP contribution in [0.15, 0.2) is 47.2 Å². The zero-order chi connectivity index (χ0) is 21.8. The molecular weight excluding hydrogens is 444 g/mol. The largest absolute Gasteiger partial charge is 0.486 e. The summed E-state index contributed by atoms with van der Waals surface area (Å²) in [5.74, 6) is 1.86. The lowest BCUT2D eigenvalue weighted by molar-refractivity contribution is -0.120. The third-order valence-corrected chi connectivity index (χ3v) is 7.94. The van der Waals surface area contributed by atoms with Gasteiger partial charge in [-0.05, 0) is 48.4 Å². The van der Waals surface area contributed by atoms with Crippen LogP contribution in [-0.2, 0) is 23.3 Å². The van der Waals surface area contributed by atoms with Gasteiger partial charge in [0, 0.05) is 11.4 Å². The number of hydrogen-bond acceptors (Lipinski definition) is 7. The summed E-state index contributed by atoms with van der Waals surface area (Å²) < 4.78 is 13.5. The highest BCUT2D eigenvalue weighted by molar-refractivity contribution is 7.99. The van der Waals surface area contributed by atoms with Crippen LogP contribution in [0.1, 0.15) is 36.1 Å². The molecule has 1 aliphatic heterocycles. The number of carbonyl (C=O) groups is 1. The normalized spacial score (nSPS) is 16.8. The number of nitrogens with zero attached hydrogens (tertiary/aromatic N) is 3. The Morgan fingerprint density at radius 2 is 2.03 bits per heavy atom. The first-order valence-electron chi connectivity index (χ1n) is 11.0. The minimum Gasteiger partial charge on any atom is -0.486 e. The Kier molecular flexibility index (Phi) is 6.36. The van der Waals surface area contributed by atoms with Crippen molar-refractivity contribution in [1.82, 2.24) is 20.1 Å². The number of aryl methyl sites for hydroxylation is 2. The van der Waals surface area contributed by atoms with E-state index in [0.717, 1.165) is 60.9 Å². The number of benzene rings is 1. The molecule has 0 saturated heterocycles. The Balaban J connectivity index is 1.23. The third kappa shape index (κ3) is 4.63.